The fraction of sp³-hybridized carbons (Fsp3) is 0.556. The largest absolute Gasteiger partial charge is 0.503 e. The molecule has 0 spiro atoms. The van der Waals surface area contributed by atoms with Crippen LogP contribution in [0.5, 0.6) is 5.75 Å². The molecule has 4 unspecified atom stereocenters. The van der Waals surface area contributed by atoms with Crippen LogP contribution in [0.1, 0.15) is 88.8 Å². The Hall–Kier alpha value is -2.33. The molecular formula is C27H33F7O3. The van der Waals surface area contributed by atoms with Gasteiger partial charge in [0, 0.05) is 18.6 Å². The average Bonchev–Trinajstić information content (AvgIpc) is 3.38. The van der Waals surface area contributed by atoms with Gasteiger partial charge >= 0.3 is 6.18 Å². The minimum atomic E-state index is -4.50. The number of phenols is 1. The van der Waals surface area contributed by atoms with Gasteiger partial charge in [0.25, 0.3) is 0 Å². The van der Waals surface area contributed by atoms with Crippen molar-refractivity contribution in [2.45, 2.75) is 90.2 Å². The van der Waals surface area contributed by atoms with Gasteiger partial charge in [-0.3, -0.25) is 0 Å². The lowest BCUT2D eigenvalue weighted by Gasteiger charge is -2.34. The van der Waals surface area contributed by atoms with Crippen molar-refractivity contribution in [3.05, 3.63) is 64.2 Å². The molecule has 10 heteroatoms. The van der Waals surface area contributed by atoms with E-state index in [1.165, 1.54) is 19.1 Å². The quantitative estimate of drug-likeness (QED) is 0.283. The maximum atomic E-state index is 13.6. The van der Waals surface area contributed by atoms with Gasteiger partial charge in [-0.25, -0.2) is 8.78 Å². The van der Waals surface area contributed by atoms with Gasteiger partial charge < -0.3 is 14.6 Å². The van der Waals surface area contributed by atoms with E-state index in [4.69, 9.17) is 14.6 Å². The van der Waals surface area contributed by atoms with Crippen molar-refractivity contribution in [1.82, 2.24) is 0 Å². The first-order valence-corrected chi connectivity index (χ1v) is 12.2. The van der Waals surface area contributed by atoms with Gasteiger partial charge in [-0.15, -0.1) is 0 Å². The first-order chi connectivity index (χ1) is 17.2. The van der Waals surface area contributed by atoms with E-state index in [2.05, 4.69) is 13.8 Å². The van der Waals surface area contributed by atoms with E-state index < -0.39 is 58.6 Å². The lowest BCUT2D eigenvalue weighted by atomic mass is 9.91. The Morgan fingerprint density at radius 2 is 1.43 bits per heavy atom. The molecule has 1 heterocycles. The molecule has 3 nitrogen and oxygen atoms in total. The Morgan fingerprint density at radius 1 is 0.919 bits per heavy atom. The number of ether oxygens (including phenoxy) is 2. The predicted molar refractivity (Wildman–Crippen MR) is 125 cm³/mol. The summed E-state index contributed by atoms with van der Waals surface area (Å²) in [6, 6.07) is 6.55. The molecule has 0 radical (unpaired) electrons. The normalized spacial score (nSPS) is 19.1. The molecule has 2 aromatic carbocycles. The topological polar surface area (TPSA) is 38.7 Å². The van der Waals surface area contributed by atoms with Gasteiger partial charge in [0.1, 0.15) is 0 Å². The van der Waals surface area contributed by atoms with Gasteiger partial charge in [0.05, 0.1) is 0 Å². The number of rotatable bonds is 7. The van der Waals surface area contributed by atoms with E-state index in [0.717, 1.165) is 25.3 Å². The minimum absolute atomic E-state index is 0.113. The number of halogens is 7. The summed E-state index contributed by atoms with van der Waals surface area (Å²) in [7, 11) is 0. The van der Waals surface area contributed by atoms with Crippen molar-refractivity contribution in [2.24, 2.45) is 0 Å². The van der Waals surface area contributed by atoms with Gasteiger partial charge in [-0.1, -0.05) is 52.0 Å². The van der Waals surface area contributed by atoms with E-state index >= 15 is 0 Å². The van der Waals surface area contributed by atoms with Crippen LogP contribution in [0.2, 0.25) is 0 Å². The molecule has 1 aliphatic heterocycles. The highest BCUT2D eigenvalue weighted by Gasteiger charge is 2.55. The van der Waals surface area contributed by atoms with Crippen LogP contribution in [0.15, 0.2) is 24.3 Å². The van der Waals surface area contributed by atoms with Crippen molar-refractivity contribution >= 4 is 0 Å². The van der Waals surface area contributed by atoms with Crippen LogP contribution < -0.4 is 0 Å². The molecule has 4 atom stereocenters. The summed E-state index contributed by atoms with van der Waals surface area (Å²) in [5.74, 6) is -8.49. The van der Waals surface area contributed by atoms with Gasteiger partial charge in [0.15, 0.2) is 29.3 Å². The number of alkyl halides is 3. The zero-order valence-electron chi connectivity index (χ0n) is 21.5. The van der Waals surface area contributed by atoms with Crippen molar-refractivity contribution < 1.29 is 45.3 Å². The number of phenolic OH excluding ortho intramolecular Hbond substituents is 1. The van der Waals surface area contributed by atoms with E-state index in [1.54, 1.807) is 19.1 Å². The summed E-state index contributed by atoms with van der Waals surface area (Å²) >= 11 is 0. The lowest BCUT2D eigenvalue weighted by Crippen LogP contribution is -2.44. The van der Waals surface area contributed by atoms with Crippen molar-refractivity contribution in [3.63, 3.8) is 0 Å². The van der Waals surface area contributed by atoms with E-state index in [-0.39, 0.29) is 5.56 Å². The molecule has 208 valence electrons. The summed E-state index contributed by atoms with van der Waals surface area (Å²) in [6.07, 6.45) is -2.79. The molecular weight excluding hydrogens is 505 g/mol. The first-order valence-electron chi connectivity index (χ1n) is 12.2. The van der Waals surface area contributed by atoms with Crippen LogP contribution in [-0.2, 0) is 15.1 Å². The highest BCUT2D eigenvalue weighted by molar-refractivity contribution is 5.35. The highest BCUT2D eigenvalue weighted by Crippen LogP contribution is 2.44. The number of benzene rings is 2. The van der Waals surface area contributed by atoms with Crippen LogP contribution in [0.25, 0.3) is 0 Å². The van der Waals surface area contributed by atoms with E-state index in [0.29, 0.717) is 25.4 Å². The summed E-state index contributed by atoms with van der Waals surface area (Å²) in [4.78, 5) is 0. The second-order valence-corrected chi connectivity index (χ2v) is 9.35. The van der Waals surface area contributed by atoms with Crippen LogP contribution in [-0.4, -0.2) is 24.2 Å². The Bertz CT molecular complexity index is 1000. The molecule has 0 saturated carbocycles. The monoisotopic (exact) mass is 538 g/mol. The fourth-order valence-electron chi connectivity index (χ4n) is 3.84. The number of hydrogen-bond donors (Lipinski definition) is 1. The van der Waals surface area contributed by atoms with Gasteiger partial charge in [-0.2, -0.15) is 22.0 Å². The molecule has 0 bridgehead atoms. The summed E-state index contributed by atoms with van der Waals surface area (Å²) in [6.45, 7) is 8.71. The minimum Gasteiger partial charge on any atom is -0.503 e. The molecule has 37 heavy (non-hydrogen) atoms. The fourth-order valence-corrected chi connectivity index (χ4v) is 3.84. The predicted octanol–water partition coefficient (Wildman–Crippen LogP) is 8.59. The Labute approximate surface area is 212 Å². The Morgan fingerprint density at radius 3 is 1.84 bits per heavy atom. The molecule has 1 N–H and O–H groups in total. The number of hydrogen-bond acceptors (Lipinski definition) is 3. The zero-order valence-corrected chi connectivity index (χ0v) is 21.5. The third-order valence-electron chi connectivity index (χ3n) is 6.82. The average molecular weight is 539 g/mol. The van der Waals surface area contributed by atoms with Crippen molar-refractivity contribution in [2.75, 3.05) is 6.61 Å². The SMILES string of the molecule is CCC(C)c1c(F)c(F)c(O)c(F)c1F.CCC(C)c1ccc(C(C)(OC2CCCO2)C(F)(F)F)cc1. The Balaban J connectivity index is 0.000000281. The van der Waals surface area contributed by atoms with Crippen molar-refractivity contribution in [1.29, 1.82) is 0 Å². The van der Waals surface area contributed by atoms with E-state index in [1.807, 2.05) is 0 Å². The van der Waals surface area contributed by atoms with Crippen LogP contribution in [0.4, 0.5) is 30.7 Å². The molecule has 2 aromatic rings. The van der Waals surface area contributed by atoms with Gasteiger partial charge in [0.2, 0.25) is 11.6 Å². The van der Waals surface area contributed by atoms with E-state index in [9.17, 15) is 30.7 Å². The second kappa shape index (κ2) is 12.5. The van der Waals surface area contributed by atoms with Crippen molar-refractivity contribution in [3.8, 4) is 5.75 Å². The molecule has 0 amide bonds. The molecule has 3 rings (SSSR count). The smallest absolute Gasteiger partial charge is 0.421 e. The van der Waals surface area contributed by atoms with Gasteiger partial charge in [-0.05, 0) is 49.1 Å². The third-order valence-corrected chi connectivity index (χ3v) is 6.82. The summed E-state index contributed by atoms with van der Waals surface area (Å²) in [5.41, 5.74) is -1.86. The third kappa shape index (κ3) is 6.76. The van der Waals surface area contributed by atoms with Crippen LogP contribution in [0.3, 0.4) is 0 Å². The molecule has 1 aliphatic rings. The first kappa shape index (κ1) is 30.9. The summed E-state index contributed by atoms with van der Waals surface area (Å²) < 4.78 is 104. The maximum Gasteiger partial charge on any atom is 0.421 e. The second-order valence-electron chi connectivity index (χ2n) is 9.35. The Kier molecular flexibility index (Phi) is 10.4. The number of aromatic hydroxyl groups is 1. The molecule has 0 aliphatic carbocycles. The summed E-state index contributed by atoms with van der Waals surface area (Å²) in [5, 5.41) is 8.72. The molecule has 1 fully saturated rings. The maximum absolute atomic E-state index is 13.6. The standard InChI is InChI=1S/C17H23F3O2.C10H10F4O/c1-4-12(2)13-7-9-14(10-8-13)16(3,17(18,19)20)22-15-6-5-11-21-15;1-3-4(2)5-6(11)8(13)10(15)9(14)7(5)12/h7-10,12,15H,4-6,11H2,1-3H3;4,15H,3H2,1-2H3. The lowest BCUT2D eigenvalue weighted by molar-refractivity contribution is -0.318. The van der Waals surface area contributed by atoms with Crippen LogP contribution in [0, 0.1) is 23.3 Å². The molecule has 0 aromatic heterocycles. The van der Waals surface area contributed by atoms with Crippen LogP contribution >= 0.6 is 0 Å². The molecule has 1 saturated heterocycles. The highest BCUT2D eigenvalue weighted by atomic mass is 19.4. The zero-order chi connectivity index (χ0) is 28.1.